The standard InChI is InChI=1S/C25H36/c1-19-15-18-24(4,5)22-14-13-20-11-7-8-12-21(20)25(22,6)17-10-9-16-23(19,2)3/h7-8,11-12,19,22H,10,13-15,17-18H2,1-6H3. The predicted octanol–water partition coefficient (Wildman–Crippen LogP) is 6.77. The van der Waals surface area contributed by atoms with Gasteiger partial charge in [-0.1, -0.05) is 57.9 Å². The van der Waals surface area contributed by atoms with Crippen LogP contribution in [0, 0.1) is 34.5 Å². The van der Waals surface area contributed by atoms with Gasteiger partial charge in [0.2, 0.25) is 0 Å². The zero-order valence-corrected chi connectivity index (χ0v) is 17.2. The Hall–Kier alpha value is -1.22. The van der Waals surface area contributed by atoms with Crippen molar-refractivity contribution >= 4 is 0 Å². The molecular formula is C25H36. The molecule has 2 aliphatic rings. The molecule has 0 heteroatoms. The molecule has 3 rings (SSSR count). The van der Waals surface area contributed by atoms with E-state index in [1.165, 1.54) is 32.1 Å². The molecule has 0 aromatic heterocycles. The second-order valence-corrected chi connectivity index (χ2v) is 10.1. The number of fused-ring (bicyclic) bond motifs is 3. The SMILES string of the molecule is CC1CCC(C)(C)C2CCc3ccccc3C2(C)CCC#CC1(C)C. The molecule has 0 amide bonds. The number of hydrogen-bond donors (Lipinski definition) is 0. The van der Waals surface area contributed by atoms with E-state index in [2.05, 4.69) is 77.6 Å². The normalized spacial score (nSPS) is 33.8. The van der Waals surface area contributed by atoms with Crippen molar-refractivity contribution in [2.45, 2.75) is 85.5 Å². The average molecular weight is 337 g/mol. The number of benzene rings is 1. The maximum absolute atomic E-state index is 3.62. The molecule has 1 aromatic carbocycles. The van der Waals surface area contributed by atoms with Crippen molar-refractivity contribution < 1.29 is 0 Å². The summed E-state index contributed by atoms with van der Waals surface area (Å²) in [6.45, 7) is 14.7. The molecule has 25 heavy (non-hydrogen) atoms. The molecule has 3 unspecified atom stereocenters. The van der Waals surface area contributed by atoms with Crippen molar-refractivity contribution in [3.8, 4) is 11.8 Å². The summed E-state index contributed by atoms with van der Waals surface area (Å²) in [4.78, 5) is 0. The van der Waals surface area contributed by atoms with E-state index in [1.807, 2.05) is 0 Å². The summed E-state index contributed by atoms with van der Waals surface area (Å²) in [5, 5.41) is 0. The summed E-state index contributed by atoms with van der Waals surface area (Å²) in [5.41, 5.74) is 3.94. The van der Waals surface area contributed by atoms with Crippen molar-refractivity contribution in [3.05, 3.63) is 35.4 Å². The molecule has 136 valence electrons. The number of aryl methyl sites for hydroxylation is 1. The third-order valence-electron chi connectivity index (χ3n) is 7.68. The van der Waals surface area contributed by atoms with Crippen LogP contribution in [-0.4, -0.2) is 0 Å². The van der Waals surface area contributed by atoms with Crippen molar-refractivity contribution in [3.63, 3.8) is 0 Å². The van der Waals surface area contributed by atoms with Gasteiger partial charge in [-0.25, -0.2) is 0 Å². The molecule has 0 bridgehead atoms. The van der Waals surface area contributed by atoms with Crippen LogP contribution in [0.4, 0.5) is 0 Å². The van der Waals surface area contributed by atoms with Crippen LogP contribution < -0.4 is 0 Å². The Bertz CT molecular complexity index is 681. The van der Waals surface area contributed by atoms with Crippen LogP contribution >= 0.6 is 0 Å². The summed E-state index contributed by atoms with van der Waals surface area (Å²) in [6, 6.07) is 9.20. The van der Waals surface area contributed by atoms with Gasteiger partial charge in [0.15, 0.2) is 0 Å². The van der Waals surface area contributed by atoms with Crippen molar-refractivity contribution in [1.29, 1.82) is 0 Å². The van der Waals surface area contributed by atoms with E-state index in [4.69, 9.17) is 0 Å². The summed E-state index contributed by atoms with van der Waals surface area (Å²) in [6.07, 6.45) is 7.37. The highest BCUT2D eigenvalue weighted by Crippen LogP contribution is 2.54. The highest BCUT2D eigenvalue weighted by Gasteiger charge is 2.47. The molecule has 0 fully saturated rings. The Morgan fingerprint density at radius 2 is 1.68 bits per heavy atom. The van der Waals surface area contributed by atoms with E-state index in [0.29, 0.717) is 11.3 Å². The smallest absolute Gasteiger partial charge is 0.0283 e. The molecule has 0 aliphatic heterocycles. The van der Waals surface area contributed by atoms with Gasteiger partial charge in [-0.05, 0) is 79.7 Å². The van der Waals surface area contributed by atoms with E-state index in [0.717, 1.165) is 12.3 Å². The first-order valence-corrected chi connectivity index (χ1v) is 10.3. The Labute approximate surface area is 155 Å². The second-order valence-electron chi connectivity index (χ2n) is 10.1. The first kappa shape index (κ1) is 18.6. The van der Waals surface area contributed by atoms with Crippen LogP contribution in [0.15, 0.2) is 24.3 Å². The topological polar surface area (TPSA) is 0 Å². The van der Waals surface area contributed by atoms with Gasteiger partial charge in [0.25, 0.3) is 0 Å². The molecule has 0 radical (unpaired) electrons. The van der Waals surface area contributed by atoms with E-state index < -0.39 is 0 Å². The minimum absolute atomic E-state index is 0.129. The van der Waals surface area contributed by atoms with Crippen LogP contribution in [-0.2, 0) is 11.8 Å². The molecule has 0 heterocycles. The summed E-state index contributed by atoms with van der Waals surface area (Å²) >= 11 is 0. The minimum atomic E-state index is 0.129. The Morgan fingerprint density at radius 1 is 0.960 bits per heavy atom. The van der Waals surface area contributed by atoms with Gasteiger partial charge in [-0.15, -0.1) is 5.92 Å². The zero-order valence-electron chi connectivity index (χ0n) is 17.2. The van der Waals surface area contributed by atoms with Gasteiger partial charge >= 0.3 is 0 Å². The molecule has 3 atom stereocenters. The van der Waals surface area contributed by atoms with Crippen LogP contribution in [0.1, 0.15) is 84.8 Å². The molecule has 0 spiro atoms. The lowest BCUT2D eigenvalue weighted by atomic mass is 9.53. The van der Waals surface area contributed by atoms with Gasteiger partial charge in [-0.3, -0.25) is 0 Å². The Balaban J connectivity index is 2.04. The lowest BCUT2D eigenvalue weighted by Gasteiger charge is -2.51. The zero-order chi connectivity index (χ0) is 18.3. The van der Waals surface area contributed by atoms with Crippen molar-refractivity contribution in [2.24, 2.45) is 22.7 Å². The second kappa shape index (κ2) is 6.50. The summed E-state index contributed by atoms with van der Waals surface area (Å²) < 4.78 is 0. The number of hydrogen-bond acceptors (Lipinski definition) is 0. The average Bonchev–Trinajstić information content (AvgIpc) is 2.57. The van der Waals surface area contributed by atoms with E-state index in [1.54, 1.807) is 11.1 Å². The Kier molecular flexibility index (Phi) is 4.83. The van der Waals surface area contributed by atoms with Crippen LogP contribution in [0.3, 0.4) is 0 Å². The van der Waals surface area contributed by atoms with E-state index in [-0.39, 0.29) is 10.8 Å². The lowest BCUT2D eigenvalue weighted by Crippen LogP contribution is -2.45. The molecule has 0 saturated carbocycles. The van der Waals surface area contributed by atoms with E-state index >= 15 is 0 Å². The molecule has 0 saturated heterocycles. The third-order valence-corrected chi connectivity index (χ3v) is 7.68. The Morgan fingerprint density at radius 3 is 2.44 bits per heavy atom. The van der Waals surface area contributed by atoms with Crippen LogP contribution in [0.25, 0.3) is 0 Å². The summed E-state index contributed by atoms with van der Waals surface area (Å²) in [7, 11) is 0. The lowest BCUT2D eigenvalue weighted by molar-refractivity contribution is 0.0731. The quantitative estimate of drug-likeness (QED) is 0.458. The van der Waals surface area contributed by atoms with Crippen LogP contribution in [0.2, 0.25) is 0 Å². The maximum Gasteiger partial charge on any atom is 0.0283 e. The molecular weight excluding hydrogens is 300 g/mol. The monoisotopic (exact) mass is 336 g/mol. The fourth-order valence-corrected chi connectivity index (χ4v) is 5.52. The molecule has 0 N–H and O–H groups in total. The highest BCUT2D eigenvalue weighted by molar-refractivity contribution is 5.38. The summed E-state index contributed by atoms with van der Waals surface area (Å²) in [5.74, 6) is 8.58. The fraction of sp³-hybridized carbons (Fsp3) is 0.680. The van der Waals surface area contributed by atoms with Gasteiger partial charge in [-0.2, -0.15) is 0 Å². The van der Waals surface area contributed by atoms with E-state index in [9.17, 15) is 0 Å². The van der Waals surface area contributed by atoms with Gasteiger partial charge in [0, 0.05) is 11.8 Å². The highest BCUT2D eigenvalue weighted by atomic mass is 14.5. The fourth-order valence-electron chi connectivity index (χ4n) is 5.52. The first-order chi connectivity index (χ1) is 11.7. The van der Waals surface area contributed by atoms with Crippen LogP contribution in [0.5, 0.6) is 0 Å². The largest absolute Gasteiger partial charge is 0.103 e. The maximum atomic E-state index is 3.62. The first-order valence-electron chi connectivity index (χ1n) is 10.3. The van der Waals surface area contributed by atoms with Gasteiger partial charge in [0.1, 0.15) is 0 Å². The molecule has 2 aliphatic carbocycles. The molecule has 1 aromatic rings. The third kappa shape index (κ3) is 3.40. The van der Waals surface area contributed by atoms with Crippen molar-refractivity contribution in [1.82, 2.24) is 0 Å². The number of rotatable bonds is 0. The van der Waals surface area contributed by atoms with Gasteiger partial charge < -0.3 is 0 Å². The van der Waals surface area contributed by atoms with Gasteiger partial charge in [0.05, 0.1) is 0 Å². The molecule has 0 nitrogen and oxygen atoms in total. The predicted molar refractivity (Wildman–Crippen MR) is 109 cm³/mol. The van der Waals surface area contributed by atoms with Crippen molar-refractivity contribution in [2.75, 3.05) is 0 Å². The minimum Gasteiger partial charge on any atom is -0.103 e.